The van der Waals surface area contributed by atoms with Crippen LogP contribution in [0.25, 0.3) is 0 Å². The van der Waals surface area contributed by atoms with Gasteiger partial charge in [0.2, 0.25) is 5.91 Å². The Hall–Kier alpha value is -2.08. The Morgan fingerprint density at radius 3 is 2.56 bits per heavy atom. The van der Waals surface area contributed by atoms with Crippen molar-refractivity contribution in [1.82, 2.24) is 15.6 Å². The summed E-state index contributed by atoms with van der Waals surface area (Å²) >= 11 is 0. The predicted octanol–water partition coefficient (Wildman–Crippen LogP) is 2.27. The average Bonchev–Trinajstić information content (AvgIpc) is 3.31. The van der Waals surface area contributed by atoms with E-state index in [9.17, 15) is 14.7 Å². The second kappa shape index (κ2) is 7.50. The number of H-pyrrole nitrogens is 1. The van der Waals surface area contributed by atoms with Gasteiger partial charge in [0.25, 0.3) is 5.91 Å². The van der Waals surface area contributed by atoms with Crippen LogP contribution in [0.2, 0.25) is 0 Å². The van der Waals surface area contributed by atoms with Gasteiger partial charge in [0.15, 0.2) is 0 Å². The summed E-state index contributed by atoms with van der Waals surface area (Å²) in [7, 11) is 0. The third-order valence-corrected chi connectivity index (χ3v) is 6.02. The lowest BCUT2D eigenvalue weighted by molar-refractivity contribution is -0.136. The first-order chi connectivity index (χ1) is 12.7. The molecule has 0 unspecified atom stereocenters. The van der Waals surface area contributed by atoms with Crippen LogP contribution in [-0.2, 0) is 10.2 Å². The average molecular weight is 373 g/mol. The molecule has 2 saturated carbocycles. The summed E-state index contributed by atoms with van der Waals surface area (Å²) in [5.41, 5.74) is 1.07. The van der Waals surface area contributed by atoms with E-state index in [0.29, 0.717) is 24.7 Å². The number of carbonyl (C=O) groups is 2. The van der Waals surface area contributed by atoms with Gasteiger partial charge in [0.05, 0.1) is 11.5 Å². The summed E-state index contributed by atoms with van der Waals surface area (Å²) < 4.78 is 0. The van der Waals surface area contributed by atoms with Gasteiger partial charge in [-0.25, -0.2) is 0 Å². The molecule has 1 aromatic rings. The molecule has 2 aliphatic rings. The van der Waals surface area contributed by atoms with Crippen molar-refractivity contribution in [1.29, 1.82) is 0 Å². The summed E-state index contributed by atoms with van der Waals surface area (Å²) in [5, 5.41) is 15.9. The Bertz CT molecular complexity index is 731. The molecule has 4 N–H and O–H groups in total. The summed E-state index contributed by atoms with van der Waals surface area (Å²) in [6, 6.07) is 1.88. The number of nitrogens with one attached hydrogen (secondary N) is 3. The zero-order chi connectivity index (χ0) is 19.7. The molecule has 0 radical (unpaired) electrons. The van der Waals surface area contributed by atoms with Gasteiger partial charge < -0.3 is 20.7 Å². The highest BCUT2D eigenvalue weighted by Gasteiger charge is 2.56. The molecule has 2 aliphatic carbocycles. The first kappa shape index (κ1) is 19.7. The maximum Gasteiger partial charge on any atom is 0.267 e. The Kier molecular flexibility index (Phi) is 5.47. The van der Waals surface area contributed by atoms with E-state index in [4.69, 9.17) is 0 Å². The summed E-state index contributed by atoms with van der Waals surface area (Å²) in [6.07, 6.45) is 8.42. The Balaban J connectivity index is 1.39. The Labute approximate surface area is 160 Å². The summed E-state index contributed by atoms with van der Waals surface area (Å²) in [5.74, 6) is 0.317. The summed E-state index contributed by atoms with van der Waals surface area (Å²) in [6.45, 7) is 7.11. The second-order valence-corrected chi connectivity index (χ2v) is 8.96. The largest absolute Gasteiger partial charge is 0.392 e. The van der Waals surface area contributed by atoms with Crippen LogP contribution in [0.15, 0.2) is 24.4 Å². The van der Waals surface area contributed by atoms with E-state index in [0.717, 1.165) is 31.2 Å². The monoisotopic (exact) mass is 373 g/mol. The fourth-order valence-corrected chi connectivity index (χ4v) is 4.28. The maximum atomic E-state index is 12.5. The zero-order valence-corrected chi connectivity index (χ0v) is 16.5. The minimum atomic E-state index is -0.564. The molecule has 0 spiro atoms. The highest BCUT2D eigenvalue weighted by atomic mass is 16.3. The minimum Gasteiger partial charge on any atom is -0.392 e. The van der Waals surface area contributed by atoms with Gasteiger partial charge in [-0.1, -0.05) is 32.9 Å². The van der Waals surface area contributed by atoms with E-state index in [2.05, 4.69) is 36.4 Å². The van der Waals surface area contributed by atoms with Crippen LogP contribution in [-0.4, -0.2) is 41.1 Å². The number of hydrogen-bond acceptors (Lipinski definition) is 3. The Morgan fingerprint density at radius 2 is 2.00 bits per heavy atom. The molecule has 1 aromatic heterocycles. The number of hydrogen-bond donors (Lipinski definition) is 4. The molecule has 3 rings (SSSR count). The van der Waals surface area contributed by atoms with Crippen LogP contribution in [0.3, 0.4) is 0 Å². The SMILES string of the molecule is CC(C)(C)c1c[nH]c(C(=O)NC/C=C/CNC(=O)[C@]23CC[C@H](C[C@H]2O)C3)c1. The van der Waals surface area contributed by atoms with Gasteiger partial charge in [-0.3, -0.25) is 9.59 Å². The van der Waals surface area contributed by atoms with Gasteiger partial charge in [-0.2, -0.15) is 0 Å². The number of aromatic amines is 1. The van der Waals surface area contributed by atoms with Gasteiger partial charge >= 0.3 is 0 Å². The van der Waals surface area contributed by atoms with Crippen LogP contribution < -0.4 is 10.6 Å². The van der Waals surface area contributed by atoms with Crippen LogP contribution >= 0.6 is 0 Å². The highest BCUT2D eigenvalue weighted by molar-refractivity contribution is 5.92. The summed E-state index contributed by atoms with van der Waals surface area (Å²) in [4.78, 5) is 27.6. The maximum absolute atomic E-state index is 12.5. The molecule has 6 nitrogen and oxygen atoms in total. The molecule has 3 atom stereocenters. The third kappa shape index (κ3) is 4.10. The van der Waals surface area contributed by atoms with Crippen LogP contribution in [0.4, 0.5) is 0 Å². The van der Waals surface area contributed by atoms with Crippen molar-refractivity contribution >= 4 is 11.8 Å². The first-order valence-electron chi connectivity index (χ1n) is 9.81. The molecule has 27 heavy (non-hydrogen) atoms. The van der Waals surface area contributed by atoms with E-state index in [-0.39, 0.29) is 17.2 Å². The number of fused-ring (bicyclic) bond motifs is 2. The molecule has 148 valence electrons. The second-order valence-electron chi connectivity index (χ2n) is 8.96. The first-order valence-corrected chi connectivity index (χ1v) is 9.81. The third-order valence-electron chi connectivity index (χ3n) is 6.02. The van der Waals surface area contributed by atoms with Crippen molar-refractivity contribution < 1.29 is 14.7 Å². The molecule has 2 fully saturated rings. The van der Waals surface area contributed by atoms with Crippen molar-refractivity contribution in [3.05, 3.63) is 35.7 Å². The van der Waals surface area contributed by atoms with E-state index in [1.807, 2.05) is 24.4 Å². The molecule has 0 aromatic carbocycles. The van der Waals surface area contributed by atoms with E-state index in [1.165, 1.54) is 0 Å². The smallest absolute Gasteiger partial charge is 0.267 e. The lowest BCUT2D eigenvalue weighted by atomic mass is 9.81. The van der Waals surface area contributed by atoms with Crippen molar-refractivity contribution in [3.8, 4) is 0 Å². The zero-order valence-electron chi connectivity index (χ0n) is 16.5. The van der Waals surface area contributed by atoms with E-state index >= 15 is 0 Å². The number of aliphatic hydroxyl groups is 1. The van der Waals surface area contributed by atoms with Crippen molar-refractivity contribution in [2.45, 2.75) is 58.0 Å². The topological polar surface area (TPSA) is 94.2 Å². The van der Waals surface area contributed by atoms with Gasteiger partial charge in [-0.05, 0) is 48.6 Å². The van der Waals surface area contributed by atoms with Crippen molar-refractivity contribution in [2.75, 3.05) is 13.1 Å². The lowest BCUT2D eigenvalue weighted by Gasteiger charge is -2.29. The fraction of sp³-hybridized carbons (Fsp3) is 0.619. The lowest BCUT2D eigenvalue weighted by Crippen LogP contribution is -2.45. The van der Waals surface area contributed by atoms with E-state index < -0.39 is 11.5 Å². The number of aromatic nitrogens is 1. The normalized spacial score (nSPS) is 27.3. The minimum absolute atomic E-state index is 0.00112. The van der Waals surface area contributed by atoms with E-state index in [1.54, 1.807) is 0 Å². The van der Waals surface area contributed by atoms with Crippen molar-refractivity contribution in [3.63, 3.8) is 0 Å². The predicted molar refractivity (Wildman–Crippen MR) is 104 cm³/mol. The molecule has 0 saturated heterocycles. The molecular formula is C21H31N3O3. The molecule has 2 amide bonds. The van der Waals surface area contributed by atoms with Gasteiger partial charge in [0.1, 0.15) is 5.69 Å². The van der Waals surface area contributed by atoms with Gasteiger partial charge in [-0.15, -0.1) is 0 Å². The number of aliphatic hydroxyl groups excluding tert-OH is 1. The van der Waals surface area contributed by atoms with Crippen LogP contribution in [0.1, 0.15) is 62.5 Å². The van der Waals surface area contributed by atoms with Crippen molar-refractivity contribution in [2.24, 2.45) is 11.3 Å². The quantitative estimate of drug-likeness (QED) is 0.576. The molecule has 0 aliphatic heterocycles. The Morgan fingerprint density at radius 1 is 1.30 bits per heavy atom. The number of amides is 2. The van der Waals surface area contributed by atoms with Gasteiger partial charge in [0, 0.05) is 19.3 Å². The fourth-order valence-electron chi connectivity index (χ4n) is 4.28. The molecule has 6 heteroatoms. The standard InChI is InChI=1S/C21H31N3O3/c1-20(2,3)15-11-16(24-13-15)18(26)22-8-4-5-9-23-19(27)21-7-6-14(12-21)10-17(21)25/h4-5,11,13-14,17,24-25H,6-10,12H2,1-3H3,(H,22,26)(H,23,27)/b5-4+/t14-,17-,21+/m1/s1. The number of rotatable bonds is 6. The molecule has 1 heterocycles. The number of carbonyl (C=O) groups excluding carboxylic acids is 2. The van der Waals surface area contributed by atoms with Crippen LogP contribution in [0.5, 0.6) is 0 Å². The highest BCUT2D eigenvalue weighted by Crippen LogP contribution is 2.54. The molecular weight excluding hydrogens is 342 g/mol. The molecule has 2 bridgehead atoms. The van der Waals surface area contributed by atoms with Crippen LogP contribution in [0, 0.1) is 11.3 Å².